The molecule has 7 atom stereocenters. The van der Waals surface area contributed by atoms with E-state index in [1.54, 1.807) is 0 Å². The monoisotopic (exact) mass is 550 g/mol. The van der Waals surface area contributed by atoms with Crippen LogP contribution in [0.4, 0.5) is 0 Å². The summed E-state index contributed by atoms with van der Waals surface area (Å²) in [5.74, 6) is 0.867. The van der Waals surface area contributed by atoms with Gasteiger partial charge in [-0.05, 0) is 108 Å². The predicted octanol–water partition coefficient (Wildman–Crippen LogP) is 7.26. The minimum absolute atomic E-state index is 0.115. The maximum Gasteiger partial charge on any atom is 0.112 e. The van der Waals surface area contributed by atoms with Crippen LogP contribution in [0.1, 0.15) is 82.2 Å². The van der Waals surface area contributed by atoms with E-state index in [-0.39, 0.29) is 17.1 Å². The topological polar surface area (TPSA) is 56.5 Å². The zero-order valence-corrected chi connectivity index (χ0v) is 24.5. The molecule has 0 amide bonds. The van der Waals surface area contributed by atoms with Crippen molar-refractivity contribution >= 4 is 21.8 Å². The van der Waals surface area contributed by atoms with Gasteiger partial charge in [-0.25, -0.2) is 0 Å². The number of piperidine rings is 1. The molecule has 5 heteroatoms. The van der Waals surface area contributed by atoms with E-state index in [0.717, 1.165) is 19.4 Å². The van der Waals surface area contributed by atoms with Crippen molar-refractivity contribution in [2.75, 3.05) is 26.2 Å². The maximum atomic E-state index is 7.19. The molecule has 5 nitrogen and oxygen atoms in total. The van der Waals surface area contributed by atoms with Crippen molar-refractivity contribution in [1.82, 2.24) is 20.2 Å². The van der Waals surface area contributed by atoms with Crippen LogP contribution in [0.2, 0.25) is 0 Å². The second kappa shape index (κ2) is 10.7. The van der Waals surface area contributed by atoms with Crippen molar-refractivity contribution < 1.29 is 4.74 Å². The van der Waals surface area contributed by atoms with E-state index < -0.39 is 0 Å². The highest BCUT2D eigenvalue weighted by molar-refractivity contribution is 6.07. The van der Waals surface area contributed by atoms with Crippen molar-refractivity contribution in [2.24, 2.45) is 11.3 Å². The van der Waals surface area contributed by atoms with Crippen molar-refractivity contribution in [3.63, 3.8) is 0 Å². The van der Waals surface area contributed by atoms with E-state index in [4.69, 9.17) is 9.72 Å². The van der Waals surface area contributed by atoms with Gasteiger partial charge in [-0.2, -0.15) is 0 Å². The first-order chi connectivity index (χ1) is 20.3. The molecular formula is C36H46N4O. The van der Waals surface area contributed by atoms with Gasteiger partial charge >= 0.3 is 0 Å². The minimum Gasteiger partial charge on any atom is -0.364 e. The number of rotatable bonds is 1. The van der Waals surface area contributed by atoms with Gasteiger partial charge in [-0.1, -0.05) is 42.5 Å². The molecule has 3 fully saturated rings. The minimum atomic E-state index is -0.115. The summed E-state index contributed by atoms with van der Waals surface area (Å²) < 4.78 is 7.19. The molecule has 1 aliphatic carbocycles. The lowest BCUT2D eigenvalue weighted by Gasteiger charge is -2.59. The highest BCUT2D eigenvalue weighted by Crippen LogP contribution is 2.67. The number of para-hydroxylation sites is 1. The molecule has 2 spiro atoms. The van der Waals surface area contributed by atoms with E-state index >= 15 is 0 Å². The fraction of sp³-hybridized carbons (Fsp3) is 0.583. The summed E-state index contributed by atoms with van der Waals surface area (Å²) in [6, 6.07) is 11.4. The molecule has 8 rings (SSSR count). The van der Waals surface area contributed by atoms with E-state index in [2.05, 4.69) is 76.0 Å². The first-order valence-electron chi connectivity index (χ1n) is 16.6. The van der Waals surface area contributed by atoms with Gasteiger partial charge in [0, 0.05) is 46.4 Å². The molecule has 41 heavy (non-hydrogen) atoms. The zero-order chi connectivity index (χ0) is 27.3. The number of H-pyrrole nitrogens is 1. The van der Waals surface area contributed by atoms with E-state index in [1.165, 1.54) is 105 Å². The number of aromatic amines is 1. The number of benzene rings is 1. The highest BCUT2D eigenvalue weighted by Gasteiger charge is 2.75. The summed E-state index contributed by atoms with van der Waals surface area (Å²) in [6.45, 7) is 4.71. The Kier molecular flexibility index (Phi) is 6.81. The largest absolute Gasteiger partial charge is 0.364 e. The van der Waals surface area contributed by atoms with Crippen LogP contribution < -0.4 is 5.32 Å². The number of allylic oxidation sites excluding steroid dienone is 4. The summed E-state index contributed by atoms with van der Waals surface area (Å²) >= 11 is 0. The molecule has 216 valence electrons. The number of hydrogen-bond donors (Lipinski definition) is 2. The third-order valence-corrected chi connectivity index (χ3v) is 11.4. The van der Waals surface area contributed by atoms with Crippen LogP contribution in [0.15, 0.2) is 60.8 Å². The van der Waals surface area contributed by atoms with Crippen LogP contribution >= 0.6 is 0 Å². The molecule has 2 N–H and O–H groups in total. The molecule has 1 aromatic carbocycles. The third kappa shape index (κ3) is 4.34. The molecule has 4 aliphatic heterocycles. The smallest absolute Gasteiger partial charge is 0.112 e. The Morgan fingerprint density at radius 3 is 2.61 bits per heavy atom. The molecule has 5 aliphatic rings. The molecule has 2 saturated heterocycles. The van der Waals surface area contributed by atoms with Gasteiger partial charge in [-0.15, -0.1) is 0 Å². The second-order valence-electron chi connectivity index (χ2n) is 13.6. The van der Waals surface area contributed by atoms with Gasteiger partial charge in [0.1, 0.15) is 5.60 Å². The van der Waals surface area contributed by atoms with E-state index in [9.17, 15) is 0 Å². The lowest BCUT2D eigenvalue weighted by atomic mass is 9.50. The van der Waals surface area contributed by atoms with Crippen molar-refractivity contribution in [3.8, 4) is 0 Å². The summed E-state index contributed by atoms with van der Waals surface area (Å²) in [5.41, 5.74) is 3.75. The number of aromatic nitrogens is 2. The summed E-state index contributed by atoms with van der Waals surface area (Å²) in [4.78, 5) is 11.9. The fourth-order valence-corrected chi connectivity index (χ4v) is 9.64. The highest BCUT2D eigenvalue weighted by atomic mass is 16.6. The molecule has 3 aromatic rings. The first kappa shape index (κ1) is 26.2. The Labute approximate surface area is 244 Å². The number of nitrogens with one attached hydrogen (secondary N) is 2. The average Bonchev–Trinajstić information content (AvgIpc) is 3.59. The number of epoxide rings is 1. The Bertz CT molecular complexity index is 1460. The summed E-state index contributed by atoms with van der Waals surface area (Å²) in [5, 5.41) is 6.86. The molecular weight excluding hydrogens is 504 g/mol. The molecule has 1 saturated carbocycles. The van der Waals surface area contributed by atoms with Gasteiger partial charge in [0.15, 0.2) is 0 Å². The van der Waals surface area contributed by atoms with Gasteiger partial charge in [0.2, 0.25) is 0 Å². The van der Waals surface area contributed by atoms with Crippen LogP contribution in [0.25, 0.3) is 21.8 Å². The average molecular weight is 551 g/mol. The van der Waals surface area contributed by atoms with Crippen molar-refractivity contribution in [1.29, 1.82) is 0 Å². The number of nitrogens with zero attached hydrogens (tertiary/aromatic N) is 2. The lowest BCUT2D eigenvalue weighted by Crippen LogP contribution is -2.68. The third-order valence-electron chi connectivity index (χ3n) is 11.4. The van der Waals surface area contributed by atoms with Crippen molar-refractivity contribution in [3.05, 3.63) is 66.5 Å². The quantitative estimate of drug-likeness (QED) is 0.247. The van der Waals surface area contributed by atoms with Crippen molar-refractivity contribution in [2.45, 2.75) is 94.3 Å². The summed E-state index contributed by atoms with van der Waals surface area (Å²) in [6.07, 6.45) is 25.5. The Balaban J connectivity index is 1.30. The van der Waals surface area contributed by atoms with Crippen LogP contribution in [-0.4, -0.2) is 58.8 Å². The number of pyridine rings is 1. The van der Waals surface area contributed by atoms with E-state index in [1.807, 2.05) is 0 Å². The number of fused-ring (bicyclic) bond motifs is 4. The van der Waals surface area contributed by atoms with Gasteiger partial charge in [0.25, 0.3) is 0 Å². The molecule has 0 radical (unpaired) electrons. The van der Waals surface area contributed by atoms with Gasteiger partial charge in [-0.3, -0.25) is 4.98 Å². The molecule has 2 aromatic heterocycles. The normalized spacial score (nSPS) is 37.8. The van der Waals surface area contributed by atoms with Crippen LogP contribution in [0.3, 0.4) is 0 Å². The molecule has 3 bridgehead atoms. The Morgan fingerprint density at radius 2 is 1.68 bits per heavy atom. The number of ether oxygens (including phenoxy) is 1. The van der Waals surface area contributed by atoms with Crippen LogP contribution in [0.5, 0.6) is 0 Å². The van der Waals surface area contributed by atoms with Gasteiger partial charge in [0.05, 0.1) is 17.3 Å². The lowest BCUT2D eigenvalue weighted by molar-refractivity contribution is -0.0577. The van der Waals surface area contributed by atoms with Crippen LogP contribution in [-0.2, 0) is 4.74 Å². The van der Waals surface area contributed by atoms with Gasteiger partial charge < -0.3 is 19.9 Å². The van der Waals surface area contributed by atoms with Crippen LogP contribution in [0, 0.1) is 11.3 Å². The summed E-state index contributed by atoms with van der Waals surface area (Å²) in [7, 11) is 0. The SMILES string of the molecule is C1=CCCC23CN4CCCCC=CCCC5(OC5C(c5nccc6c5[nH]c5ccccc56)C2CC4)C3NCCCC1. The fourth-order valence-electron chi connectivity index (χ4n) is 9.64. The predicted molar refractivity (Wildman–Crippen MR) is 167 cm³/mol. The Morgan fingerprint density at radius 1 is 0.854 bits per heavy atom. The maximum absolute atomic E-state index is 7.19. The van der Waals surface area contributed by atoms with E-state index in [0.29, 0.717) is 17.9 Å². The Hall–Kier alpha value is -2.47. The molecule has 7 unspecified atom stereocenters. The number of hydrogen-bond acceptors (Lipinski definition) is 4. The molecule has 6 heterocycles. The standard InChI is InChI=1S/C36H46N4O/c1-3-7-13-21-38-34-35(19-11-5-1)25-40-23-14-8-4-2-6-12-20-36(34)33(41-36)30(28(35)18-24-40)32-31-27(17-22-37-32)26-15-9-10-16-29(26)39-31/h1-2,5-6,9-10,15-17,22,28,30,33-34,38-39H,3-4,7-8,11-14,18-21,23-25H2. The zero-order valence-electron chi connectivity index (χ0n) is 24.5. The first-order valence-corrected chi connectivity index (χ1v) is 16.6. The second-order valence-corrected chi connectivity index (χ2v) is 13.6.